The summed E-state index contributed by atoms with van der Waals surface area (Å²) in [5.74, 6) is 0.262. The molecule has 1 aromatic carbocycles. The van der Waals surface area contributed by atoms with E-state index in [0.29, 0.717) is 0 Å². The molecule has 1 aromatic rings. The highest BCUT2D eigenvalue weighted by Crippen LogP contribution is 2.20. The van der Waals surface area contributed by atoms with Gasteiger partial charge < -0.3 is 10.6 Å². The van der Waals surface area contributed by atoms with Crippen molar-refractivity contribution < 1.29 is 4.79 Å². The molecule has 0 aliphatic heterocycles. The molecule has 0 saturated heterocycles. The number of hydrogen-bond donors (Lipinski definition) is 1. The summed E-state index contributed by atoms with van der Waals surface area (Å²) in [6.07, 6.45) is 1.82. The molecular weight excluding hydrogens is 212 g/mol. The zero-order valence-electron chi connectivity index (χ0n) is 10.9. The molecule has 1 unspecified atom stereocenters. The number of carbonyl (C=O) groups excluding carboxylic acids is 1. The van der Waals surface area contributed by atoms with Crippen molar-refractivity contribution in [1.82, 2.24) is 0 Å². The molecule has 0 aromatic heterocycles. The second kappa shape index (κ2) is 6.28. The molecule has 0 spiro atoms. The Balaban J connectivity index is 2.92. The summed E-state index contributed by atoms with van der Waals surface area (Å²) in [6.45, 7) is 6.85. The third-order valence-electron chi connectivity index (χ3n) is 2.95. The predicted octanol–water partition coefficient (Wildman–Crippen LogP) is 3.06. The van der Waals surface area contributed by atoms with Gasteiger partial charge in [-0.3, -0.25) is 4.79 Å². The minimum absolute atomic E-state index is 0.0686. The maximum atomic E-state index is 12.2. The second-order valence-electron chi connectivity index (χ2n) is 4.39. The Morgan fingerprint density at radius 1 is 1.29 bits per heavy atom. The average molecular weight is 234 g/mol. The van der Waals surface area contributed by atoms with Gasteiger partial charge in [0, 0.05) is 23.8 Å². The van der Waals surface area contributed by atoms with Crippen LogP contribution in [0.3, 0.4) is 0 Å². The molecule has 17 heavy (non-hydrogen) atoms. The van der Waals surface area contributed by atoms with Gasteiger partial charge >= 0.3 is 0 Å². The highest BCUT2D eigenvalue weighted by atomic mass is 16.2. The molecule has 1 rings (SSSR count). The Bertz CT molecular complexity index is 359. The smallest absolute Gasteiger partial charge is 0.229 e. The normalized spacial score (nSPS) is 12.2. The summed E-state index contributed by atoms with van der Waals surface area (Å²) < 4.78 is 0. The van der Waals surface area contributed by atoms with E-state index in [0.717, 1.165) is 30.8 Å². The van der Waals surface area contributed by atoms with Crippen LogP contribution >= 0.6 is 0 Å². The minimum Gasteiger partial charge on any atom is -0.399 e. The van der Waals surface area contributed by atoms with Gasteiger partial charge in [-0.25, -0.2) is 0 Å². The first-order chi connectivity index (χ1) is 8.10. The van der Waals surface area contributed by atoms with Gasteiger partial charge in [0.15, 0.2) is 0 Å². The number of nitrogen functional groups attached to an aromatic ring is 1. The van der Waals surface area contributed by atoms with Gasteiger partial charge in [0.05, 0.1) is 0 Å². The molecule has 0 aliphatic rings. The van der Waals surface area contributed by atoms with E-state index in [4.69, 9.17) is 5.73 Å². The number of benzene rings is 1. The van der Waals surface area contributed by atoms with Crippen LogP contribution in [0.25, 0.3) is 0 Å². The summed E-state index contributed by atoms with van der Waals surface area (Å²) >= 11 is 0. The van der Waals surface area contributed by atoms with E-state index < -0.39 is 0 Å². The van der Waals surface area contributed by atoms with Gasteiger partial charge in [0.2, 0.25) is 5.91 Å². The predicted molar refractivity (Wildman–Crippen MR) is 73.0 cm³/mol. The fourth-order valence-electron chi connectivity index (χ4n) is 1.69. The van der Waals surface area contributed by atoms with E-state index in [-0.39, 0.29) is 11.8 Å². The lowest BCUT2D eigenvalue weighted by molar-refractivity contribution is -0.122. The van der Waals surface area contributed by atoms with Gasteiger partial charge in [-0.2, -0.15) is 0 Å². The van der Waals surface area contributed by atoms with Gasteiger partial charge in [-0.15, -0.1) is 0 Å². The van der Waals surface area contributed by atoms with Crippen molar-refractivity contribution in [2.45, 2.75) is 33.6 Å². The monoisotopic (exact) mass is 234 g/mol. The van der Waals surface area contributed by atoms with Crippen LogP contribution in [0.5, 0.6) is 0 Å². The topological polar surface area (TPSA) is 46.3 Å². The number of hydrogen-bond acceptors (Lipinski definition) is 2. The van der Waals surface area contributed by atoms with Crippen molar-refractivity contribution >= 4 is 17.3 Å². The van der Waals surface area contributed by atoms with Crippen LogP contribution in [-0.2, 0) is 4.79 Å². The van der Waals surface area contributed by atoms with E-state index in [1.807, 2.05) is 43.0 Å². The van der Waals surface area contributed by atoms with Crippen LogP contribution in [-0.4, -0.2) is 12.5 Å². The fourth-order valence-corrected chi connectivity index (χ4v) is 1.69. The Morgan fingerprint density at radius 3 is 2.35 bits per heavy atom. The summed E-state index contributed by atoms with van der Waals surface area (Å²) in [5, 5.41) is 0. The Morgan fingerprint density at radius 2 is 1.88 bits per heavy atom. The molecule has 0 aliphatic carbocycles. The fraction of sp³-hybridized carbons (Fsp3) is 0.500. The Hall–Kier alpha value is -1.51. The van der Waals surface area contributed by atoms with Crippen LogP contribution in [0.2, 0.25) is 0 Å². The van der Waals surface area contributed by atoms with E-state index in [1.165, 1.54) is 0 Å². The Kier molecular flexibility index (Phi) is 5.01. The molecular formula is C14H22N2O. The van der Waals surface area contributed by atoms with Crippen LogP contribution in [0.15, 0.2) is 24.3 Å². The average Bonchev–Trinajstić information content (AvgIpc) is 2.35. The molecule has 1 amide bonds. The molecule has 2 N–H and O–H groups in total. The molecule has 0 bridgehead atoms. The molecule has 0 saturated carbocycles. The summed E-state index contributed by atoms with van der Waals surface area (Å²) in [7, 11) is 0. The summed E-state index contributed by atoms with van der Waals surface area (Å²) in [6, 6.07) is 7.49. The molecule has 3 nitrogen and oxygen atoms in total. The van der Waals surface area contributed by atoms with Crippen molar-refractivity contribution in [3.8, 4) is 0 Å². The Labute approximate surface area is 104 Å². The van der Waals surface area contributed by atoms with E-state index >= 15 is 0 Å². The lowest BCUT2D eigenvalue weighted by Crippen LogP contribution is -2.35. The lowest BCUT2D eigenvalue weighted by Gasteiger charge is -2.25. The SMILES string of the molecule is CCCN(C(=O)C(C)CC)c1ccc(N)cc1. The van der Waals surface area contributed by atoms with Crippen molar-refractivity contribution in [3.63, 3.8) is 0 Å². The number of carbonyl (C=O) groups is 1. The second-order valence-corrected chi connectivity index (χ2v) is 4.39. The number of nitrogens with two attached hydrogens (primary N) is 1. The molecule has 0 radical (unpaired) electrons. The number of amides is 1. The van der Waals surface area contributed by atoms with Crippen LogP contribution < -0.4 is 10.6 Å². The zero-order chi connectivity index (χ0) is 12.8. The number of rotatable bonds is 5. The van der Waals surface area contributed by atoms with Crippen LogP contribution in [0, 0.1) is 5.92 Å². The molecule has 0 fully saturated rings. The first-order valence-electron chi connectivity index (χ1n) is 6.27. The highest BCUT2D eigenvalue weighted by Gasteiger charge is 2.19. The maximum Gasteiger partial charge on any atom is 0.229 e. The molecule has 3 heteroatoms. The zero-order valence-corrected chi connectivity index (χ0v) is 10.9. The van der Waals surface area contributed by atoms with Gasteiger partial charge in [0.1, 0.15) is 0 Å². The van der Waals surface area contributed by atoms with Crippen molar-refractivity contribution in [2.75, 3.05) is 17.2 Å². The molecule has 0 heterocycles. The van der Waals surface area contributed by atoms with E-state index in [1.54, 1.807) is 0 Å². The van der Waals surface area contributed by atoms with Crippen molar-refractivity contribution in [1.29, 1.82) is 0 Å². The third-order valence-corrected chi connectivity index (χ3v) is 2.95. The maximum absolute atomic E-state index is 12.2. The van der Waals surface area contributed by atoms with Crippen molar-refractivity contribution in [3.05, 3.63) is 24.3 Å². The van der Waals surface area contributed by atoms with Crippen LogP contribution in [0.4, 0.5) is 11.4 Å². The van der Waals surface area contributed by atoms with E-state index in [9.17, 15) is 4.79 Å². The molecule has 1 atom stereocenters. The lowest BCUT2D eigenvalue weighted by atomic mass is 10.1. The standard InChI is InChI=1S/C14H22N2O/c1-4-10-16(14(17)11(3)5-2)13-8-6-12(15)7-9-13/h6-9,11H,4-5,10,15H2,1-3H3. The number of anilines is 2. The van der Waals surface area contributed by atoms with Gasteiger partial charge in [-0.05, 0) is 37.1 Å². The third kappa shape index (κ3) is 3.48. The quantitative estimate of drug-likeness (QED) is 0.796. The largest absolute Gasteiger partial charge is 0.399 e. The van der Waals surface area contributed by atoms with Crippen molar-refractivity contribution in [2.24, 2.45) is 5.92 Å². The van der Waals surface area contributed by atoms with Crippen LogP contribution in [0.1, 0.15) is 33.6 Å². The van der Waals surface area contributed by atoms with E-state index in [2.05, 4.69) is 6.92 Å². The van der Waals surface area contributed by atoms with Gasteiger partial charge in [-0.1, -0.05) is 20.8 Å². The molecule has 94 valence electrons. The summed E-state index contributed by atoms with van der Waals surface area (Å²) in [4.78, 5) is 14.1. The minimum atomic E-state index is 0.0686. The summed E-state index contributed by atoms with van der Waals surface area (Å²) in [5.41, 5.74) is 7.32. The first kappa shape index (κ1) is 13.6. The highest BCUT2D eigenvalue weighted by molar-refractivity contribution is 5.94. The number of nitrogens with zero attached hydrogens (tertiary/aromatic N) is 1. The first-order valence-corrected chi connectivity index (χ1v) is 6.27. The van der Waals surface area contributed by atoms with Gasteiger partial charge in [0.25, 0.3) is 0 Å².